The van der Waals surface area contributed by atoms with E-state index in [9.17, 15) is 9.59 Å². The van der Waals surface area contributed by atoms with E-state index in [0.29, 0.717) is 34.8 Å². The second-order valence-electron chi connectivity index (χ2n) is 10.8. The molecule has 0 spiro atoms. The van der Waals surface area contributed by atoms with Crippen molar-refractivity contribution in [1.82, 2.24) is 15.2 Å². The Morgan fingerprint density at radius 1 is 1.18 bits per heavy atom. The number of thioether (sulfide) groups is 1. The summed E-state index contributed by atoms with van der Waals surface area (Å²) in [6.45, 7) is 7.59. The summed E-state index contributed by atoms with van der Waals surface area (Å²) in [6, 6.07) is 2.44. The molecule has 8 nitrogen and oxygen atoms in total. The summed E-state index contributed by atoms with van der Waals surface area (Å²) < 4.78 is 18.2. The van der Waals surface area contributed by atoms with Gasteiger partial charge in [-0.05, 0) is 51.9 Å². The molecule has 1 amide bonds. The van der Waals surface area contributed by atoms with Gasteiger partial charge in [0, 0.05) is 67.3 Å². The predicted molar refractivity (Wildman–Crippen MR) is 154 cm³/mol. The molecule has 2 N–H and O–H groups in total. The summed E-state index contributed by atoms with van der Waals surface area (Å²) in [5.74, 6) is -0.332. The van der Waals surface area contributed by atoms with Gasteiger partial charge in [-0.25, -0.2) is 0 Å². The van der Waals surface area contributed by atoms with Crippen LogP contribution in [0.15, 0.2) is 15.8 Å². The Balaban J connectivity index is 1.31. The number of hydrogen-bond donors (Lipinski definition) is 2. The van der Waals surface area contributed by atoms with E-state index in [1.165, 1.54) is 11.8 Å². The molecule has 0 radical (unpaired) electrons. The smallest absolute Gasteiger partial charge is 0.254 e. The number of carbonyl (C=O) groups excluding carboxylic acids is 1. The number of fused-ring (bicyclic) bond motifs is 1. The number of likely N-dealkylation sites (tertiary alicyclic amines) is 1. The first-order valence-electron chi connectivity index (χ1n) is 13.3. The Morgan fingerprint density at radius 3 is 2.49 bits per heavy atom. The van der Waals surface area contributed by atoms with Crippen molar-refractivity contribution in [3.05, 3.63) is 48.8 Å². The monoisotopic (exact) mass is 595 g/mol. The molecule has 5 rings (SSSR count). The lowest BCUT2D eigenvalue weighted by Gasteiger charge is -2.47. The van der Waals surface area contributed by atoms with Crippen molar-refractivity contribution in [2.24, 2.45) is 5.92 Å². The van der Waals surface area contributed by atoms with E-state index in [2.05, 4.69) is 15.2 Å². The Hall–Kier alpha value is -1.91. The van der Waals surface area contributed by atoms with E-state index >= 15 is 0 Å². The lowest BCUT2D eigenvalue weighted by molar-refractivity contribution is -0.130. The Labute approximate surface area is 243 Å². The zero-order chi connectivity index (χ0) is 28.1. The topological polar surface area (TPSA) is 92.9 Å². The molecule has 39 heavy (non-hydrogen) atoms. The van der Waals surface area contributed by atoms with Crippen LogP contribution < -0.4 is 20.3 Å². The third-order valence-electron chi connectivity index (χ3n) is 8.41. The molecular weight excluding hydrogens is 561 g/mol. The van der Waals surface area contributed by atoms with Crippen molar-refractivity contribution < 1.29 is 19.0 Å². The van der Waals surface area contributed by atoms with Crippen molar-refractivity contribution in [2.75, 3.05) is 26.5 Å². The number of ether oxygens (including phenoxy) is 3. The van der Waals surface area contributed by atoms with Crippen molar-refractivity contribution in [3.63, 3.8) is 0 Å². The lowest BCUT2D eigenvalue weighted by Crippen LogP contribution is -2.57. The molecule has 3 aliphatic rings. The molecule has 1 aromatic heterocycles. The number of aromatic amines is 1. The van der Waals surface area contributed by atoms with Gasteiger partial charge in [-0.2, -0.15) is 0 Å². The highest BCUT2D eigenvalue weighted by Crippen LogP contribution is 2.54. The average Bonchev–Trinajstić information content (AvgIpc) is 3.25. The fraction of sp³-hybridized carbons (Fsp3) is 0.571. The molecule has 0 unspecified atom stereocenters. The highest BCUT2D eigenvalue weighted by Gasteiger charge is 2.49. The summed E-state index contributed by atoms with van der Waals surface area (Å²) >= 11 is 14.7. The van der Waals surface area contributed by atoms with Gasteiger partial charge < -0.3 is 24.5 Å². The van der Waals surface area contributed by atoms with Crippen LogP contribution in [0.1, 0.15) is 59.8 Å². The fourth-order valence-corrected chi connectivity index (χ4v) is 7.25. The largest absolute Gasteiger partial charge is 0.448 e. The van der Waals surface area contributed by atoms with Crippen LogP contribution in [0.5, 0.6) is 11.5 Å². The Bertz CT molecular complexity index is 1340. The van der Waals surface area contributed by atoms with E-state index in [1.807, 2.05) is 26.2 Å². The van der Waals surface area contributed by atoms with Crippen LogP contribution in [0.3, 0.4) is 0 Å². The minimum Gasteiger partial charge on any atom is -0.448 e. The molecule has 3 heterocycles. The standard InChI is InChI=1S/C28H35Cl2N3O5S/c1-14-10-20(39-5)19(26(34)32-14)11-31-27(35)21-15(2)24-25(23(30)22(21)29)38-28(3,37-24)16-6-8-17(9-7-16)33-12-18(13-33)36-4/h10,16-18H,6-9,11-13H2,1-5H3,(H,31,35)(H,32,34)/t16-,17-,28-/m1/s1. The maximum Gasteiger partial charge on any atom is 0.254 e. The summed E-state index contributed by atoms with van der Waals surface area (Å²) in [7, 11) is 1.77. The van der Waals surface area contributed by atoms with E-state index in [4.69, 9.17) is 37.4 Å². The number of carbonyl (C=O) groups is 1. The molecule has 11 heteroatoms. The number of nitrogens with one attached hydrogen (secondary N) is 2. The summed E-state index contributed by atoms with van der Waals surface area (Å²) in [5, 5.41) is 3.11. The van der Waals surface area contributed by atoms with Crippen LogP contribution in [-0.4, -0.2) is 60.2 Å². The number of nitrogens with zero attached hydrogens (tertiary/aromatic N) is 1. The number of aromatic nitrogens is 1. The van der Waals surface area contributed by atoms with Gasteiger partial charge in [0.1, 0.15) is 5.02 Å². The number of aryl methyl sites for hydroxylation is 1. The van der Waals surface area contributed by atoms with Crippen LogP contribution >= 0.6 is 35.0 Å². The van der Waals surface area contributed by atoms with E-state index in [1.54, 1.807) is 14.0 Å². The van der Waals surface area contributed by atoms with Gasteiger partial charge in [-0.3, -0.25) is 14.5 Å². The van der Waals surface area contributed by atoms with E-state index in [-0.39, 0.29) is 33.6 Å². The summed E-state index contributed by atoms with van der Waals surface area (Å²) in [4.78, 5) is 32.0. The molecule has 1 saturated carbocycles. The first-order valence-corrected chi connectivity index (χ1v) is 15.3. The first kappa shape index (κ1) is 28.6. The zero-order valence-corrected chi connectivity index (χ0v) is 25.2. The van der Waals surface area contributed by atoms with Gasteiger partial charge in [-0.1, -0.05) is 23.2 Å². The number of rotatable bonds is 7. The maximum absolute atomic E-state index is 13.3. The van der Waals surface area contributed by atoms with Crippen molar-refractivity contribution >= 4 is 40.9 Å². The first-order chi connectivity index (χ1) is 18.6. The molecular formula is C28H35Cl2N3O5S. The molecule has 212 valence electrons. The van der Waals surface area contributed by atoms with Gasteiger partial charge in [0.15, 0.2) is 11.5 Å². The fourth-order valence-electron chi connectivity index (χ4n) is 6.01. The van der Waals surface area contributed by atoms with Gasteiger partial charge in [0.2, 0.25) is 0 Å². The highest BCUT2D eigenvalue weighted by molar-refractivity contribution is 7.98. The lowest BCUT2D eigenvalue weighted by atomic mass is 9.80. The average molecular weight is 597 g/mol. The van der Waals surface area contributed by atoms with Crippen LogP contribution in [0.25, 0.3) is 0 Å². The second-order valence-corrected chi connectivity index (χ2v) is 12.4. The molecule has 2 aromatic rings. The van der Waals surface area contributed by atoms with Gasteiger partial charge in [0.25, 0.3) is 17.3 Å². The Kier molecular flexibility index (Phi) is 8.19. The minimum atomic E-state index is -0.896. The van der Waals surface area contributed by atoms with Crippen LogP contribution in [0.2, 0.25) is 10.0 Å². The van der Waals surface area contributed by atoms with Crippen LogP contribution in [0.4, 0.5) is 0 Å². The number of halogens is 2. The van der Waals surface area contributed by atoms with Gasteiger partial charge in [-0.15, -0.1) is 11.8 Å². The quantitative estimate of drug-likeness (QED) is 0.418. The number of methoxy groups -OCH3 is 1. The number of amides is 1. The van der Waals surface area contributed by atoms with Crippen molar-refractivity contribution in [3.8, 4) is 11.5 Å². The van der Waals surface area contributed by atoms with Crippen molar-refractivity contribution in [1.29, 1.82) is 0 Å². The third kappa shape index (κ3) is 5.28. The van der Waals surface area contributed by atoms with E-state index in [0.717, 1.165) is 49.4 Å². The molecule has 1 aliphatic carbocycles. The molecule has 0 bridgehead atoms. The number of pyridine rings is 1. The second kappa shape index (κ2) is 11.2. The minimum absolute atomic E-state index is 0.0511. The highest BCUT2D eigenvalue weighted by atomic mass is 35.5. The zero-order valence-electron chi connectivity index (χ0n) is 22.9. The van der Waals surface area contributed by atoms with Gasteiger partial charge in [0.05, 0.1) is 16.7 Å². The predicted octanol–water partition coefficient (Wildman–Crippen LogP) is 5.33. The molecule has 2 fully saturated rings. The van der Waals surface area contributed by atoms with Gasteiger partial charge >= 0.3 is 0 Å². The molecule has 1 saturated heterocycles. The van der Waals surface area contributed by atoms with Crippen LogP contribution in [-0.2, 0) is 11.3 Å². The molecule has 1 atom stereocenters. The maximum atomic E-state index is 13.3. The number of benzene rings is 1. The number of H-pyrrole nitrogens is 1. The van der Waals surface area contributed by atoms with E-state index < -0.39 is 11.7 Å². The Morgan fingerprint density at radius 2 is 1.85 bits per heavy atom. The third-order valence-corrected chi connectivity index (χ3v) is 10.0. The molecule has 1 aromatic carbocycles. The normalized spacial score (nSPS) is 25.0. The summed E-state index contributed by atoms with van der Waals surface area (Å²) in [6.07, 6.45) is 6.30. The molecule has 2 aliphatic heterocycles. The SMILES string of the molecule is COC1CN([C@H]2CC[C@H]([C@]3(C)Oc4c(C)c(C(=O)NCc5c(SC)cc(C)[nH]c5=O)c(Cl)c(Cl)c4O3)CC2)C1. The summed E-state index contributed by atoms with van der Waals surface area (Å²) in [5.41, 5.74) is 1.79. The van der Waals surface area contributed by atoms with Crippen LogP contribution in [0, 0.1) is 19.8 Å². The van der Waals surface area contributed by atoms with Crippen molar-refractivity contribution in [2.45, 2.75) is 75.8 Å². The number of hydrogen-bond acceptors (Lipinski definition) is 7.